The smallest absolute Gasteiger partial charge is 0.263 e. The van der Waals surface area contributed by atoms with Gasteiger partial charge in [0.2, 0.25) is 0 Å². The second-order valence-corrected chi connectivity index (χ2v) is 14.6. The van der Waals surface area contributed by atoms with Crippen molar-refractivity contribution in [3.8, 4) is 5.75 Å². The average molecular weight is 627 g/mol. The number of amides is 1. The van der Waals surface area contributed by atoms with E-state index in [-0.39, 0.29) is 28.4 Å². The number of carbonyl (C=O) groups excluding carboxylic acids is 2. The molecule has 2 aromatic rings. The number of aldehydes is 1. The summed E-state index contributed by atoms with van der Waals surface area (Å²) in [6.45, 7) is 7.47. The van der Waals surface area contributed by atoms with E-state index in [1.165, 1.54) is 18.1 Å². The van der Waals surface area contributed by atoms with E-state index in [9.17, 15) is 14.1 Å². The number of hydrogen-bond acceptors (Lipinski definition) is 6. The first-order valence-electron chi connectivity index (χ1n) is 15.4. The molecule has 2 N–H and O–H groups in total. The van der Waals surface area contributed by atoms with Gasteiger partial charge in [0.1, 0.15) is 23.0 Å². The van der Waals surface area contributed by atoms with E-state index < -0.39 is 17.1 Å². The first-order chi connectivity index (χ1) is 20.7. The zero-order valence-electron chi connectivity index (χ0n) is 25.3. The summed E-state index contributed by atoms with van der Waals surface area (Å²) in [5.41, 5.74) is 3.75. The van der Waals surface area contributed by atoms with E-state index >= 15 is 0 Å². The Balaban J connectivity index is 0.00000118. The van der Waals surface area contributed by atoms with Crippen molar-refractivity contribution in [1.82, 2.24) is 4.72 Å². The van der Waals surface area contributed by atoms with Gasteiger partial charge in [0.15, 0.2) is 0 Å². The van der Waals surface area contributed by atoms with Gasteiger partial charge < -0.3 is 19.5 Å². The van der Waals surface area contributed by atoms with Gasteiger partial charge in [0.05, 0.1) is 23.6 Å². The molecule has 232 valence electrons. The summed E-state index contributed by atoms with van der Waals surface area (Å²) in [7, 11) is -1.53. The van der Waals surface area contributed by atoms with E-state index in [1.807, 2.05) is 44.2 Å². The summed E-state index contributed by atoms with van der Waals surface area (Å²) >= 11 is 6.39. The van der Waals surface area contributed by atoms with E-state index in [2.05, 4.69) is 21.8 Å². The van der Waals surface area contributed by atoms with Crippen LogP contribution in [0.2, 0.25) is 5.02 Å². The largest absolute Gasteiger partial charge is 0.490 e. The van der Waals surface area contributed by atoms with Crippen LogP contribution in [0, 0.1) is 17.8 Å². The monoisotopic (exact) mass is 626 g/mol. The number of halogens is 1. The molecule has 2 heterocycles. The molecular formula is C34H43ClN2O5S. The summed E-state index contributed by atoms with van der Waals surface area (Å²) in [4.78, 5) is 24.5. The Morgan fingerprint density at radius 2 is 1.98 bits per heavy atom. The maximum atomic E-state index is 13.3. The average Bonchev–Trinajstić information content (AvgIpc) is 3.11. The Hall–Kier alpha value is -2.68. The Kier molecular flexibility index (Phi) is 9.99. The molecule has 0 aromatic heterocycles. The van der Waals surface area contributed by atoms with E-state index in [4.69, 9.17) is 21.1 Å². The van der Waals surface area contributed by atoms with Gasteiger partial charge in [-0.05, 0) is 112 Å². The topological polar surface area (TPSA) is 95.9 Å². The Bertz CT molecular complexity index is 1400. The highest BCUT2D eigenvalue weighted by Crippen LogP contribution is 2.46. The van der Waals surface area contributed by atoms with Gasteiger partial charge in [-0.15, -0.1) is 0 Å². The minimum atomic E-state index is -1.53. The van der Waals surface area contributed by atoms with Crippen molar-refractivity contribution in [1.29, 1.82) is 0 Å². The van der Waals surface area contributed by atoms with Gasteiger partial charge in [0, 0.05) is 29.1 Å². The number of fused-ring (bicyclic) bond motifs is 4. The van der Waals surface area contributed by atoms with Crippen molar-refractivity contribution in [2.24, 2.45) is 17.8 Å². The standard InChI is InChI=1S/C32H39ClN2O4S.C2H4O/c1-20-5-3-7-29(36)26-11-8-24(26)17-35-18-32(14-4-6-22-15-25(33)10-12-27(22)32)19-39-30-13-9-23(16-28(30)35)31(37)34-40(38)21(20)2;1-2-3/h3,7,9-10,12-13,15-16,20-21,24,26,29,36H,4-6,8,11,14,17-19H2,1-2H3,(H,34,37);2H,1H3/b7-3+;/t20?,21?,24?,26?,29?,32-,40?;/m0./s1. The van der Waals surface area contributed by atoms with Gasteiger partial charge in [-0.1, -0.05) is 36.7 Å². The van der Waals surface area contributed by atoms with Crippen LogP contribution in [0.1, 0.15) is 74.4 Å². The predicted octanol–water partition coefficient (Wildman–Crippen LogP) is 5.78. The Morgan fingerprint density at radius 1 is 1.19 bits per heavy atom. The molecule has 43 heavy (non-hydrogen) atoms. The lowest BCUT2D eigenvalue weighted by molar-refractivity contribution is -0.106. The molecule has 2 bridgehead atoms. The summed E-state index contributed by atoms with van der Waals surface area (Å²) < 4.78 is 22.3. The molecule has 1 spiro atoms. The summed E-state index contributed by atoms with van der Waals surface area (Å²) in [6.07, 6.45) is 10.0. The highest BCUT2D eigenvalue weighted by molar-refractivity contribution is 7.84. The molecule has 0 saturated heterocycles. The number of aryl methyl sites for hydroxylation is 1. The van der Waals surface area contributed by atoms with Crippen molar-refractivity contribution < 1.29 is 23.6 Å². The molecule has 2 aliphatic heterocycles. The third-order valence-corrected chi connectivity index (χ3v) is 11.6. The van der Waals surface area contributed by atoms with E-state index in [0.29, 0.717) is 24.5 Å². The van der Waals surface area contributed by atoms with Crippen molar-refractivity contribution in [2.45, 2.75) is 76.1 Å². The number of nitrogens with zero attached hydrogens (tertiary/aromatic N) is 1. The number of nitrogens with one attached hydrogen (secondary N) is 1. The molecule has 7 nitrogen and oxygen atoms in total. The van der Waals surface area contributed by atoms with E-state index in [0.717, 1.165) is 67.9 Å². The van der Waals surface area contributed by atoms with Gasteiger partial charge in [-0.3, -0.25) is 9.52 Å². The molecule has 6 unspecified atom stereocenters. The Morgan fingerprint density at radius 3 is 2.72 bits per heavy atom. The van der Waals surface area contributed by atoms with Crippen molar-refractivity contribution >= 4 is 40.5 Å². The normalized spacial score (nSPS) is 32.8. The molecule has 7 atom stereocenters. The maximum absolute atomic E-state index is 13.3. The number of carbonyl (C=O) groups is 2. The van der Waals surface area contributed by atoms with Crippen LogP contribution in [0.4, 0.5) is 5.69 Å². The Labute approximate surface area is 262 Å². The lowest BCUT2D eigenvalue weighted by atomic mass is 9.68. The maximum Gasteiger partial charge on any atom is 0.263 e. The fourth-order valence-corrected chi connectivity index (χ4v) is 8.24. The van der Waals surface area contributed by atoms with Crippen LogP contribution in [-0.2, 0) is 27.6 Å². The van der Waals surface area contributed by atoms with Gasteiger partial charge in [-0.25, -0.2) is 4.21 Å². The number of hydrogen-bond donors (Lipinski definition) is 2. The lowest BCUT2D eigenvalue weighted by Gasteiger charge is -2.45. The minimum Gasteiger partial charge on any atom is -0.490 e. The third-order valence-electron chi connectivity index (χ3n) is 9.84. The number of benzene rings is 2. The number of rotatable bonds is 0. The second kappa shape index (κ2) is 13.5. The number of aliphatic hydroxyl groups excluding tert-OH is 1. The van der Waals surface area contributed by atoms with Crippen molar-refractivity contribution in [3.63, 3.8) is 0 Å². The molecular weight excluding hydrogens is 584 g/mol. The fraction of sp³-hybridized carbons (Fsp3) is 0.529. The van der Waals surface area contributed by atoms with Crippen molar-refractivity contribution in [3.05, 3.63) is 70.3 Å². The number of anilines is 1. The molecule has 2 aromatic carbocycles. The molecule has 4 aliphatic rings. The molecule has 1 saturated carbocycles. The summed E-state index contributed by atoms with van der Waals surface area (Å²) in [5, 5.41) is 11.6. The van der Waals surface area contributed by atoms with Crippen LogP contribution in [0.25, 0.3) is 0 Å². The summed E-state index contributed by atoms with van der Waals surface area (Å²) in [6, 6.07) is 11.8. The second-order valence-electron chi connectivity index (χ2n) is 12.6. The zero-order valence-corrected chi connectivity index (χ0v) is 26.8. The molecule has 1 amide bonds. The van der Waals surface area contributed by atoms with E-state index in [1.54, 1.807) is 6.07 Å². The molecule has 9 heteroatoms. The highest BCUT2D eigenvalue weighted by Gasteiger charge is 2.44. The minimum absolute atomic E-state index is 0.0926. The van der Waals surface area contributed by atoms with Crippen LogP contribution in [0.5, 0.6) is 5.75 Å². The number of aliphatic hydroxyl groups is 1. The van der Waals surface area contributed by atoms with Gasteiger partial charge in [0.25, 0.3) is 5.91 Å². The molecule has 0 radical (unpaired) electrons. The predicted molar refractivity (Wildman–Crippen MR) is 172 cm³/mol. The first-order valence-corrected chi connectivity index (χ1v) is 17.0. The van der Waals surface area contributed by atoms with Crippen LogP contribution in [0.3, 0.4) is 0 Å². The van der Waals surface area contributed by atoms with Crippen LogP contribution >= 0.6 is 11.6 Å². The van der Waals surface area contributed by atoms with Gasteiger partial charge in [-0.2, -0.15) is 0 Å². The molecule has 2 aliphatic carbocycles. The fourth-order valence-electron chi connectivity index (χ4n) is 7.03. The zero-order chi connectivity index (χ0) is 30.7. The third kappa shape index (κ3) is 6.71. The SMILES string of the molecule is CC1C/C=C/C(O)C2CCC2CN2C[C@@]3(CCCc4cc(Cl)ccc43)COc3ccc(cc32)C(=O)NS(=O)C1C.CC=O. The molecule has 6 rings (SSSR count). The quantitative estimate of drug-likeness (QED) is 0.284. The highest BCUT2D eigenvalue weighted by atomic mass is 35.5. The van der Waals surface area contributed by atoms with Crippen LogP contribution in [-0.4, -0.2) is 52.6 Å². The summed E-state index contributed by atoms with van der Waals surface area (Å²) in [5.74, 6) is 1.05. The molecule has 1 fully saturated rings. The lowest BCUT2D eigenvalue weighted by Crippen LogP contribution is -2.49. The first kappa shape index (κ1) is 31.7. The van der Waals surface area contributed by atoms with Crippen molar-refractivity contribution in [2.75, 3.05) is 24.6 Å². The van der Waals surface area contributed by atoms with Crippen LogP contribution in [0.15, 0.2) is 48.6 Å². The number of allylic oxidation sites excluding steroid dienone is 1. The van der Waals surface area contributed by atoms with Crippen LogP contribution < -0.4 is 14.4 Å². The van der Waals surface area contributed by atoms with Gasteiger partial charge >= 0.3 is 0 Å². The number of ether oxygens (including phenoxy) is 1.